The number of methoxy groups -OCH3 is 1. The fraction of sp³-hybridized carbons (Fsp3) is 0.450. The zero-order chi connectivity index (χ0) is 22.3. The lowest BCUT2D eigenvalue weighted by molar-refractivity contribution is -0.140. The first-order valence-electron chi connectivity index (χ1n) is 9.46. The number of thioether (sulfide) groups is 2. The van der Waals surface area contributed by atoms with Gasteiger partial charge in [-0.2, -0.15) is 4.99 Å². The molecule has 1 saturated heterocycles. The number of carbonyl (C=O) groups excluding carboxylic acids is 3. The molecule has 1 aliphatic heterocycles. The third-order valence-corrected chi connectivity index (χ3v) is 6.53. The highest BCUT2D eigenvalue weighted by Gasteiger charge is 2.42. The number of esters is 1. The second-order valence-corrected chi connectivity index (χ2v) is 8.91. The van der Waals surface area contributed by atoms with E-state index in [1.165, 1.54) is 36.2 Å². The Morgan fingerprint density at radius 3 is 2.57 bits per heavy atom. The van der Waals surface area contributed by atoms with E-state index in [4.69, 9.17) is 5.41 Å². The minimum atomic E-state index is -0.442. The number of rotatable bonds is 8. The lowest BCUT2D eigenvalue weighted by Crippen LogP contribution is -2.45. The van der Waals surface area contributed by atoms with Crippen LogP contribution in [-0.4, -0.2) is 64.4 Å². The van der Waals surface area contributed by atoms with Crippen LogP contribution in [0.5, 0.6) is 0 Å². The summed E-state index contributed by atoms with van der Waals surface area (Å²) in [6, 6.07) is 6.79. The van der Waals surface area contributed by atoms with Gasteiger partial charge in [-0.05, 0) is 45.0 Å². The van der Waals surface area contributed by atoms with Crippen LogP contribution in [0.3, 0.4) is 0 Å². The Morgan fingerprint density at radius 1 is 1.33 bits per heavy atom. The summed E-state index contributed by atoms with van der Waals surface area (Å²) in [4.78, 5) is 43.6. The van der Waals surface area contributed by atoms with Crippen LogP contribution < -0.4 is 5.32 Å². The highest BCUT2D eigenvalue weighted by atomic mass is 32.2. The first-order chi connectivity index (χ1) is 14.3. The van der Waals surface area contributed by atoms with E-state index in [0.29, 0.717) is 10.7 Å². The van der Waals surface area contributed by atoms with Crippen LogP contribution in [-0.2, 0) is 14.3 Å². The molecule has 10 heteroatoms. The van der Waals surface area contributed by atoms with E-state index < -0.39 is 5.25 Å². The molecule has 8 nitrogen and oxygen atoms in total. The Morgan fingerprint density at radius 2 is 2.00 bits per heavy atom. The van der Waals surface area contributed by atoms with Gasteiger partial charge in [0.05, 0.1) is 19.1 Å². The molecule has 0 spiro atoms. The lowest BCUT2D eigenvalue weighted by Gasteiger charge is -2.28. The van der Waals surface area contributed by atoms with E-state index in [0.717, 1.165) is 4.90 Å². The molecule has 0 bridgehead atoms. The fourth-order valence-electron chi connectivity index (χ4n) is 3.03. The van der Waals surface area contributed by atoms with Gasteiger partial charge in [0, 0.05) is 29.1 Å². The van der Waals surface area contributed by atoms with Crippen LogP contribution in [0.25, 0.3) is 0 Å². The molecule has 1 aromatic carbocycles. The van der Waals surface area contributed by atoms with Crippen molar-refractivity contribution in [1.29, 1.82) is 5.41 Å². The molecule has 0 saturated carbocycles. The van der Waals surface area contributed by atoms with Crippen molar-refractivity contribution in [3.63, 3.8) is 0 Å². The number of nitrogens with zero attached hydrogens (tertiary/aromatic N) is 2. The average Bonchev–Trinajstić information content (AvgIpc) is 3.04. The number of hydrogen-bond acceptors (Lipinski definition) is 7. The third kappa shape index (κ3) is 6.09. The van der Waals surface area contributed by atoms with Crippen LogP contribution in [0.2, 0.25) is 0 Å². The van der Waals surface area contributed by atoms with E-state index in [1.54, 1.807) is 24.3 Å². The summed E-state index contributed by atoms with van der Waals surface area (Å²) in [5.74, 6) is -0.967. The number of amidine groups is 1. The van der Waals surface area contributed by atoms with E-state index >= 15 is 0 Å². The molecule has 0 aliphatic carbocycles. The summed E-state index contributed by atoms with van der Waals surface area (Å²) in [6.45, 7) is 6.09. The molecule has 2 N–H and O–H groups in total. The Bertz CT molecular complexity index is 827. The molecular weight excluding hydrogens is 424 g/mol. The second kappa shape index (κ2) is 11.2. The number of aliphatic imine (C=N–C) groups is 1. The standard InChI is InChI=1S/C20H26N4O4S2/c1-12(2)24-13(3)17(19(27)22-10-9-16(25)28-4)30-20(24)23-18(26)14-5-7-15(8-6-14)29-11-21/h5-8,11-13,17,21H,9-10H2,1-4H3,(H,22,27). The highest BCUT2D eigenvalue weighted by molar-refractivity contribution is 8.15. The van der Waals surface area contributed by atoms with Gasteiger partial charge in [-0.3, -0.25) is 14.4 Å². The van der Waals surface area contributed by atoms with Crippen LogP contribution in [0.1, 0.15) is 37.6 Å². The molecular formula is C20H26N4O4S2. The molecule has 1 aliphatic rings. The van der Waals surface area contributed by atoms with Gasteiger partial charge in [-0.1, -0.05) is 23.5 Å². The number of benzene rings is 1. The summed E-state index contributed by atoms with van der Waals surface area (Å²) >= 11 is 2.51. The minimum Gasteiger partial charge on any atom is -0.469 e. The van der Waals surface area contributed by atoms with E-state index in [1.807, 2.05) is 25.7 Å². The number of carbonyl (C=O) groups is 3. The molecule has 162 valence electrons. The van der Waals surface area contributed by atoms with Gasteiger partial charge in [-0.25, -0.2) is 0 Å². The van der Waals surface area contributed by atoms with Crippen molar-refractivity contribution in [2.75, 3.05) is 13.7 Å². The van der Waals surface area contributed by atoms with Crippen molar-refractivity contribution in [3.05, 3.63) is 29.8 Å². The smallest absolute Gasteiger partial charge is 0.307 e. The Balaban J connectivity index is 2.13. The number of nitrogens with one attached hydrogen (secondary N) is 2. The second-order valence-electron chi connectivity index (χ2n) is 6.86. The Labute approximate surface area is 184 Å². The molecule has 2 atom stereocenters. The van der Waals surface area contributed by atoms with Crippen molar-refractivity contribution >= 4 is 52.0 Å². The average molecular weight is 451 g/mol. The molecule has 0 radical (unpaired) electrons. The van der Waals surface area contributed by atoms with E-state index in [2.05, 4.69) is 15.0 Å². The van der Waals surface area contributed by atoms with Crippen LogP contribution >= 0.6 is 23.5 Å². The Kier molecular flexibility index (Phi) is 8.91. The van der Waals surface area contributed by atoms with Crippen molar-refractivity contribution in [3.8, 4) is 0 Å². The van der Waals surface area contributed by atoms with Crippen molar-refractivity contribution in [2.45, 2.75) is 49.4 Å². The minimum absolute atomic E-state index is 0.0540. The molecule has 1 aromatic rings. The van der Waals surface area contributed by atoms with Crippen molar-refractivity contribution in [2.24, 2.45) is 4.99 Å². The maximum atomic E-state index is 12.7. The highest BCUT2D eigenvalue weighted by Crippen LogP contribution is 2.34. The lowest BCUT2D eigenvalue weighted by atomic mass is 10.1. The zero-order valence-corrected chi connectivity index (χ0v) is 19.0. The van der Waals surface area contributed by atoms with Crippen molar-refractivity contribution < 1.29 is 19.1 Å². The molecule has 0 aromatic heterocycles. The van der Waals surface area contributed by atoms with Gasteiger partial charge in [0.15, 0.2) is 5.17 Å². The largest absolute Gasteiger partial charge is 0.469 e. The molecule has 2 amide bonds. The molecule has 1 heterocycles. The molecule has 2 unspecified atom stereocenters. The van der Waals surface area contributed by atoms with Gasteiger partial charge < -0.3 is 20.4 Å². The van der Waals surface area contributed by atoms with Crippen LogP contribution in [0.15, 0.2) is 34.2 Å². The maximum absolute atomic E-state index is 12.7. The van der Waals surface area contributed by atoms with Crippen LogP contribution in [0.4, 0.5) is 0 Å². The van der Waals surface area contributed by atoms with Gasteiger partial charge in [-0.15, -0.1) is 0 Å². The maximum Gasteiger partial charge on any atom is 0.307 e. The predicted octanol–water partition coefficient (Wildman–Crippen LogP) is 2.78. The third-order valence-electron chi connectivity index (χ3n) is 4.49. The SMILES string of the molecule is COC(=O)CCNC(=O)C1SC(=NC(=O)c2ccc(SC=N)cc2)N(C(C)C)C1C. The topological polar surface area (TPSA) is 112 Å². The summed E-state index contributed by atoms with van der Waals surface area (Å²) in [6.07, 6.45) is 0.105. The molecule has 30 heavy (non-hydrogen) atoms. The van der Waals surface area contributed by atoms with Gasteiger partial charge >= 0.3 is 5.97 Å². The summed E-state index contributed by atoms with van der Waals surface area (Å²) < 4.78 is 4.58. The van der Waals surface area contributed by atoms with E-state index in [-0.39, 0.29) is 42.8 Å². The van der Waals surface area contributed by atoms with E-state index in [9.17, 15) is 14.4 Å². The summed E-state index contributed by atoms with van der Waals surface area (Å²) in [5, 5.41) is 9.94. The summed E-state index contributed by atoms with van der Waals surface area (Å²) in [7, 11) is 1.31. The van der Waals surface area contributed by atoms with Crippen molar-refractivity contribution in [1.82, 2.24) is 10.2 Å². The quantitative estimate of drug-likeness (QED) is 0.271. The zero-order valence-electron chi connectivity index (χ0n) is 17.4. The van der Waals surface area contributed by atoms with Gasteiger partial charge in [0.25, 0.3) is 5.91 Å². The predicted molar refractivity (Wildman–Crippen MR) is 120 cm³/mol. The number of amides is 2. The monoisotopic (exact) mass is 450 g/mol. The fourth-order valence-corrected chi connectivity index (χ4v) is 4.84. The van der Waals surface area contributed by atoms with Gasteiger partial charge in [0.1, 0.15) is 5.25 Å². The Hall–Kier alpha value is -2.33. The molecule has 2 rings (SSSR count). The first kappa shape index (κ1) is 23.9. The van der Waals surface area contributed by atoms with Gasteiger partial charge in [0.2, 0.25) is 5.91 Å². The number of ether oxygens (including phenoxy) is 1. The van der Waals surface area contributed by atoms with Crippen LogP contribution in [0, 0.1) is 5.41 Å². The summed E-state index contributed by atoms with van der Waals surface area (Å²) in [5.41, 5.74) is 1.67. The normalized spacial score (nSPS) is 19.8. The molecule has 1 fully saturated rings. The number of hydrogen-bond donors (Lipinski definition) is 2. The first-order valence-corrected chi connectivity index (χ1v) is 11.2.